The molecule has 0 amide bonds. The highest BCUT2D eigenvalue weighted by Crippen LogP contribution is 2.22. The smallest absolute Gasteiger partial charge is 0.119 e. The lowest BCUT2D eigenvalue weighted by Gasteiger charge is -2.16. The number of hydrogen-bond donors (Lipinski definition) is 2. The van der Waals surface area contributed by atoms with Gasteiger partial charge < -0.3 is 15.2 Å². The van der Waals surface area contributed by atoms with Crippen molar-refractivity contribution in [3.63, 3.8) is 0 Å². The molecule has 0 aliphatic heterocycles. The molecule has 0 saturated heterocycles. The topological polar surface area (TPSA) is 41.5 Å². The molecule has 0 fully saturated rings. The lowest BCUT2D eigenvalue weighted by molar-refractivity contribution is 0.167. The van der Waals surface area contributed by atoms with E-state index >= 15 is 0 Å². The maximum atomic E-state index is 10.1. The van der Waals surface area contributed by atoms with Gasteiger partial charge in [0.25, 0.3) is 0 Å². The molecule has 0 bridgehead atoms. The van der Waals surface area contributed by atoms with E-state index in [1.807, 2.05) is 31.3 Å². The van der Waals surface area contributed by atoms with Crippen LogP contribution in [0.4, 0.5) is 0 Å². The van der Waals surface area contributed by atoms with Gasteiger partial charge in [-0.2, -0.15) is 0 Å². The summed E-state index contributed by atoms with van der Waals surface area (Å²) in [6.45, 7) is 5.94. The van der Waals surface area contributed by atoms with Gasteiger partial charge in [0.2, 0.25) is 0 Å². The van der Waals surface area contributed by atoms with E-state index in [4.69, 9.17) is 4.74 Å². The molecule has 0 aromatic heterocycles. The second kappa shape index (κ2) is 8.94. The zero-order valence-electron chi connectivity index (χ0n) is 12.4. The Morgan fingerprint density at radius 1 is 1.26 bits per heavy atom. The highest BCUT2D eigenvalue weighted by atomic mass is 16.5. The molecule has 3 heteroatoms. The van der Waals surface area contributed by atoms with Gasteiger partial charge in [0.15, 0.2) is 0 Å². The van der Waals surface area contributed by atoms with Gasteiger partial charge in [-0.3, -0.25) is 0 Å². The minimum atomic E-state index is -0.427. The number of hydrogen-bond acceptors (Lipinski definition) is 3. The van der Waals surface area contributed by atoms with Crippen molar-refractivity contribution in [3.05, 3.63) is 29.8 Å². The predicted octanol–water partition coefficient (Wildman–Crippen LogP) is 3.14. The fourth-order valence-electron chi connectivity index (χ4n) is 2.00. The molecule has 0 radical (unpaired) electrons. The Balaban J connectivity index is 2.56. The number of aliphatic hydroxyl groups excluding tert-OH is 1. The summed E-state index contributed by atoms with van der Waals surface area (Å²) in [5, 5.41) is 13.1. The largest absolute Gasteiger partial charge is 0.493 e. The summed E-state index contributed by atoms with van der Waals surface area (Å²) in [6.07, 6.45) is 2.57. The minimum absolute atomic E-state index is 0.427. The number of nitrogens with one attached hydrogen (secondary N) is 1. The van der Waals surface area contributed by atoms with E-state index < -0.39 is 6.10 Å². The van der Waals surface area contributed by atoms with Gasteiger partial charge in [-0.25, -0.2) is 0 Å². The SMILES string of the molecule is CCC(CC)COc1cccc(C(O)CCNC)c1. The summed E-state index contributed by atoms with van der Waals surface area (Å²) in [6, 6.07) is 7.80. The summed E-state index contributed by atoms with van der Waals surface area (Å²) in [7, 11) is 1.89. The molecule has 1 rings (SSSR count). The molecule has 1 aromatic carbocycles. The van der Waals surface area contributed by atoms with Gasteiger partial charge in [0.1, 0.15) is 5.75 Å². The molecule has 0 spiro atoms. The predicted molar refractivity (Wildman–Crippen MR) is 79.5 cm³/mol. The van der Waals surface area contributed by atoms with Crippen molar-refractivity contribution in [1.29, 1.82) is 0 Å². The van der Waals surface area contributed by atoms with Crippen LogP contribution in [0, 0.1) is 5.92 Å². The van der Waals surface area contributed by atoms with Crippen LogP contribution < -0.4 is 10.1 Å². The number of benzene rings is 1. The van der Waals surface area contributed by atoms with E-state index in [1.165, 1.54) is 0 Å². The molecule has 0 aliphatic carbocycles. The van der Waals surface area contributed by atoms with Crippen LogP contribution >= 0.6 is 0 Å². The fourth-order valence-corrected chi connectivity index (χ4v) is 2.00. The first-order chi connectivity index (χ1) is 9.21. The molecule has 0 aliphatic rings. The highest BCUT2D eigenvalue weighted by Gasteiger charge is 2.09. The molecule has 0 saturated carbocycles. The Hall–Kier alpha value is -1.06. The molecule has 3 nitrogen and oxygen atoms in total. The van der Waals surface area contributed by atoms with Gasteiger partial charge in [-0.1, -0.05) is 38.8 Å². The summed E-state index contributed by atoms with van der Waals surface area (Å²) in [5.74, 6) is 1.46. The lowest BCUT2D eigenvalue weighted by Crippen LogP contribution is -2.12. The van der Waals surface area contributed by atoms with E-state index in [0.29, 0.717) is 12.3 Å². The van der Waals surface area contributed by atoms with Crippen molar-refractivity contribution in [2.24, 2.45) is 5.92 Å². The van der Waals surface area contributed by atoms with Crippen LogP contribution in [0.2, 0.25) is 0 Å². The van der Waals surface area contributed by atoms with Gasteiger partial charge in [-0.15, -0.1) is 0 Å². The summed E-state index contributed by atoms with van der Waals surface area (Å²) < 4.78 is 5.82. The van der Waals surface area contributed by atoms with Gasteiger partial charge in [0, 0.05) is 0 Å². The minimum Gasteiger partial charge on any atom is -0.493 e. The third-order valence-electron chi connectivity index (χ3n) is 3.55. The van der Waals surface area contributed by atoms with Gasteiger partial charge >= 0.3 is 0 Å². The Morgan fingerprint density at radius 3 is 2.63 bits per heavy atom. The monoisotopic (exact) mass is 265 g/mol. The standard InChI is InChI=1S/C16H27NO2/c1-4-13(5-2)12-19-15-8-6-7-14(11-15)16(18)9-10-17-3/h6-8,11,13,16-18H,4-5,9-10,12H2,1-3H3. The Labute approximate surface area is 117 Å². The molecule has 2 N–H and O–H groups in total. The van der Waals surface area contributed by atoms with Crippen molar-refractivity contribution in [1.82, 2.24) is 5.32 Å². The maximum Gasteiger partial charge on any atom is 0.119 e. The highest BCUT2D eigenvalue weighted by molar-refractivity contribution is 5.29. The first-order valence-electron chi connectivity index (χ1n) is 7.26. The summed E-state index contributed by atoms with van der Waals surface area (Å²) >= 11 is 0. The van der Waals surface area contributed by atoms with Gasteiger partial charge in [0.05, 0.1) is 12.7 Å². The van der Waals surface area contributed by atoms with Crippen molar-refractivity contribution < 1.29 is 9.84 Å². The van der Waals surface area contributed by atoms with Gasteiger partial charge in [-0.05, 0) is 43.6 Å². The second-order valence-electron chi connectivity index (χ2n) is 4.97. The quantitative estimate of drug-likeness (QED) is 0.720. The van der Waals surface area contributed by atoms with Crippen molar-refractivity contribution >= 4 is 0 Å². The molecule has 1 aromatic rings. The Kier molecular flexibility index (Phi) is 7.53. The average Bonchev–Trinajstić information content (AvgIpc) is 2.46. The van der Waals surface area contributed by atoms with Crippen LogP contribution in [0.3, 0.4) is 0 Å². The molecule has 108 valence electrons. The third kappa shape index (κ3) is 5.62. The molecule has 1 atom stereocenters. The Morgan fingerprint density at radius 2 is 2.00 bits per heavy atom. The van der Waals surface area contributed by atoms with Crippen LogP contribution in [0.15, 0.2) is 24.3 Å². The molecule has 0 heterocycles. The van der Waals surface area contributed by atoms with Crippen molar-refractivity contribution in [2.75, 3.05) is 20.2 Å². The average molecular weight is 265 g/mol. The number of rotatable bonds is 9. The lowest BCUT2D eigenvalue weighted by atomic mass is 10.0. The molecular formula is C16H27NO2. The van der Waals surface area contributed by atoms with Crippen LogP contribution in [0.5, 0.6) is 5.75 Å². The van der Waals surface area contributed by atoms with Crippen LogP contribution in [-0.4, -0.2) is 25.3 Å². The third-order valence-corrected chi connectivity index (χ3v) is 3.55. The van der Waals surface area contributed by atoms with Crippen LogP contribution in [0.1, 0.15) is 44.8 Å². The van der Waals surface area contributed by atoms with E-state index in [0.717, 1.165) is 37.3 Å². The summed E-state index contributed by atoms with van der Waals surface area (Å²) in [4.78, 5) is 0. The zero-order chi connectivity index (χ0) is 14.1. The second-order valence-corrected chi connectivity index (χ2v) is 4.97. The van der Waals surface area contributed by atoms with E-state index in [-0.39, 0.29) is 0 Å². The fraction of sp³-hybridized carbons (Fsp3) is 0.625. The number of ether oxygens (including phenoxy) is 1. The summed E-state index contributed by atoms with van der Waals surface area (Å²) in [5.41, 5.74) is 0.928. The Bertz CT molecular complexity index is 350. The zero-order valence-corrected chi connectivity index (χ0v) is 12.4. The van der Waals surface area contributed by atoms with Crippen LogP contribution in [-0.2, 0) is 0 Å². The van der Waals surface area contributed by atoms with Crippen LogP contribution in [0.25, 0.3) is 0 Å². The van der Waals surface area contributed by atoms with E-state index in [9.17, 15) is 5.11 Å². The molecule has 19 heavy (non-hydrogen) atoms. The van der Waals surface area contributed by atoms with E-state index in [1.54, 1.807) is 0 Å². The van der Waals surface area contributed by atoms with E-state index in [2.05, 4.69) is 19.2 Å². The van der Waals surface area contributed by atoms with Crippen molar-refractivity contribution in [2.45, 2.75) is 39.2 Å². The van der Waals surface area contributed by atoms with Crippen molar-refractivity contribution in [3.8, 4) is 5.75 Å². The molecular weight excluding hydrogens is 238 g/mol. The first-order valence-corrected chi connectivity index (χ1v) is 7.26. The maximum absolute atomic E-state index is 10.1. The number of aliphatic hydroxyl groups is 1. The molecule has 1 unspecified atom stereocenters. The first kappa shape index (κ1) is 16.0. The normalized spacial score (nSPS) is 12.7.